The summed E-state index contributed by atoms with van der Waals surface area (Å²) in [6.07, 6.45) is -4.55. The third-order valence-electron chi connectivity index (χ3n) is 3.98. The molecule has 0 spiro atoms. The van der Waals surface area contributed by atoms with Crippen LogP contribution in [0, 0.1) is 0 Å². The zero-order chi connectivity index (χ0) is 19.8. The van der Waals surface area contributed by atoms with E-state index in [0.717, 1.165) is 17.0 Å². The molecular weight excluding hydrogens is 385 g/mol. The first-order chi connectivity index (χ1) is 12.7. The highest BCUT2D eigenvalue weighted by Crippen LogP contribution is 2.30. The second-order valence-electron chi connectivity index (χ2n) is 5.89. The number of hydrogen-bond acceptors (Lipinski definition) is 3. The van der Waals surface area contributed by atoms with Crippen LogP contribution in [-0.4, -0.2) is 27.6 Å². The molecule has 1 heterocycles. The predicted molar refractivity (Wildman–Crippen MR) is 89.4 cm³/mol. The summed E-state index contributed by atoms with van der Waals surface area (Å²) in [5.41, 5.74) is -0.231. The smallest absolute Gasteiger partial charge is 0.263 e. The molecule has 1 aliphatic rings. The summed E-state index contributed by atoms with van der Waals surface area (Å²) in [5.74, 6) is -2.10. The number of halogens is 4. The van der Waals surface area contributed by atoms with Crippen molar-refractivity contribution in [1.82, 2.24) is 9.80 Å². The Bertz CT molecular complexity index is 913. The summed E-state index contributed by atoms with van der Waals surface area (Å²) < 4.78 is 38.4. The molecule has 9 heteroatoms. The molecule has 1 aliphatic heterocycles. The number of nitrogens with zero attached hydrogens (tertiary/aromatic N) is 2. The highest BCUT2D eigenvalue weighted by atomic mass is 35.5. The Labute approximate surface area is 156 Å². The molecule has 0 aliphatic carbocycles. The van der Waals surface area contributed by atoms with Crippen LogP contribution in [0.5, 0.6) is 0 Å². The van der Waals surface area contributed by atoms with Gasteiger partial charge in [0.15, 0.2) is 0 Å². The molecule has 0 atom stereocenters. The van der Waals surface area contributed by atoms with Gasteiger partial charge in [-0.15, -0.1) is 0 Å². The maximum atomic E-state index is 12.8. The number of rotatable bonds is 4. The molecule has 27 heavy (non-hydrogen) atoms. The summed E-state index contributed by atoms with van der Waals surface area (Å²) in [5, 5.41) is 0.472. The number of imide groups is 2. The zero-order valence-corrected chi connectivity index (χ0v) is 14.4. The van der Waals surface area contributed by atoms with Crippen LogP contribution in [0.25, 0.3) is 0 Å². The first-order valence-corrected chi connectivity index (χ1v) is 8.12. The fraction of sp³-hybridized carbons (Fsp3) is 0.167. The lowest BCUT2D eigenvalue weighted by atomic mass is 10.1. The Morgan fingerprint density at radius 3 is 1.93 bits per heavy atom. The van der Waals surface area contributed by atoms with Gasteiger partial charge in [-0.1, -0.05) is 35.9 Å². The van der Waals surface area contributed by atoms with Gasteiger partial charge in [-0.2, -0.15) is 13.2 Å². The molecule has 0 saturated carbocycles. The highest BCUT2D eigenvalue weighted by molar-refractivity contribution is 6.44. The van der Waals surface area contributed by atoms with Crippen LogP contribution in [0.15, 0.2) is 48.5 Å². The minimum atomic E-state index is -4.55. The molecule has 0 N–H and O–H groups in total. The number of benzene rings is 2. The maximum Gasteiger partial charge on any atom is 0.416 e. The quantitative estimate of drug-likeness (QED) is 0.582. The van der Waals surface area contributed by atoms with E-state index >= 15 is 0 Å². The largest absolute Gasteiger partial charge is 0.416 e. The topological polar surface area (TPSA) is 57.7 Å². The van der Waals surface area contributed by atoms with Crippen molar-refractivity contribution in [3.8, 4) is 0 Å². The molecule has 140 valence electrons. The fourth-order valence-corrected chi connectivity index (χ4v) is 2.76. The molecule has 2 aromatic carbocycles. The van der Waals surface area contributed by atoms with Crippen molar-refractivity contribution >= 4 is 29.4 Å². The molecule has 1 saturated heterocycles. The van der Waals surface area contributed by atoms with Gasteiger partial charge in [-0.05, 0) is 35.4 Å². The first-order valence-electron chi connectivity index (χ1n) is 7.75. The monoisotopic (exact) mass is 396 g/mol. The van der Waals surface area contributed by atoms with Gasteiger partial charge in [0.05, 0.1) is 18.7 Å². The molecule has 2 aromatic rings. The standard InChI is InChI=1S/C18H12ClF3N2O3/c19-14-6-4-11(5-7-14)9-23-15(25)16(26)24(17(23)27)10-12-2-1-3-13(8-12)18(20,21)22/h1-8H,9-10H2. The summed E-state index contributed by atoms with van der Waals surface area (Å²) in [6, 6.07) is 9.72. The molecule has 1 fully saturated rings. The summed E-state index contributed by atoms with van der Waals surface area (Å²) in [7, 11) is 0. The molecule has 0 aromatic heterocycles. The van der Waals surface area contributed by atoms with E-state index < -0.39 is 36.1 Å². The van der Waals surface area contributed by atoms with E-state index in [0.29, 0.717) is 15.5 Å². The normalized spacial score (nSPS) is 15.0. The van der Waals surface area contributed by atoms with E-state index in [1.807, 2.05) is 0 Å². The molecule has 0 radical (unpaired) electrons. The second kappa shape index (κ2) is 7.03. The van der Waals surface area contributed by atoms with E-state index in [1.165, 1.54) is 12.1 Å². The Kier molecular flexibility index (Phi) is 4.93. The average molecular weight is 397 g/mol. The SMILES string of the molecule is O=C1C(=O)N(Cc2cccc(C(F)(F)F)c2)C(=O)N1Cc1ccc(Cl)cc1. The van der Waals surface area contributed by atoms with E-state index in [9.17, 15) is 27.6 Å². The van der Waals surface area contributed by atoms with Crippen molar-refractivity contribution in [3.63, 3.8) is 0 Å². The molecule has 0 bridgehead atoms. The number of urea groups is 1. The molecule has 0 unspecified atom stereocenters. The molecule has 4 amide bonds. The van der Waals surface area contributed by atoms with Crippen LogP contribution in [0.3, 0.4) is 0 Å². The van der Waals surface area contributed by atoms with Crippen molar-refractivity contribution in [1.29, 1.82) is 0 Å². The Hall–Kier alpha value is -2.87. The van der Waals surface area contributed by atoms with Gasteiger partial charge in [0.1, 0.15) is 0 Å². The van der Waals surface area contributed by atoms with Gasteiger partial charge < -0.3 is 0 Å². The average Bonchev–Trinajstić information content (AvgIpc) is 2.81. The van der Waals surface area contributed by atoms with E-state index in [2.05, 4.69) is 0 Å². The van der Waals surface area contributed by atoms with E-state index in [-0.39, 0.29) is 12.1 Å². The van der Waals surface area contributed by atoms with Crippen LogP contribution in [-0.2, 0) is 28.9 Å². The highest BCUT2D eigenvalue weighted by Gasteiger charge is 2.44. The number of hydrogen-bond donors (Lipinski definition) is 0. The van der Waals surface area contributed by atoms with Crippen molar-refractivity contribution < 1.29 is 27.6 Å². The molecular formula is C18H12ClF3N2O3. The van der Waals surface area contributed by atoms with Crippen LogP contribution >= 0.6 is 11.6 Å². The lowest BCUT2D eigenvalue weighted by Crippen LogP contribution is -2.32. The van der Waals surface area contributed by atoms with Crippen LogP contribution in [0.4, 0.5) is 18.0 Å². The minimum absolute atomic E-state index is 0.0904. The van der Waals surface area contributed by atoms with E-state index in [4.69, 9.17) is 11.6 Å². The first kappa shape index (κ1) is 18.9. The zero-order valence-electron chi connectivity index (χ0n) is 13.7. The maximum absolute atomic E-state index is 12.8. The minimum Gasteiger partial charge on any atom is -0.263 e. The Morgan fingerprint density at radius 1 is 0.815 bits per heavy atom. The Balaban J connectivity index is 1.79. The summed E-state index contributed by atoms with van der Waals surface area (Å²) in [4.78, 5) is 38.1. The van der Waals surface area contributed by atoms with Crippen LogP contribution < -0.4 is 0 Å². The number of alkyl halides is 3. The third kappa shape index (κ3) is 3.95. The summed E-state index contributed by atoms with van der Waals surface area (Å²) in [6.45, 7) is -0.565. The second-order valence-corrected chi connectivity index (χ2v) is 6.33. The van der Waals surface area contributed by atoms with Gasteiger partial charge in [-0.3, -0.25) is 19.4 Å². The lowest BCUT2D eigenvalue weighted by molar-refractivity contribution is -0.143. The van der Waals surface area contributed by atoms with Gasteiger partial charge >= 0.3 is 24.0 Å². The van der Waals surface area contributed by atoms with Crippen LogP contribution in [0.2, 0.25) is 5.02 Å². The van der Waals surface area contributed by atoms with Crippen LogP contribution in [0.1, 0.15) is 16.7 Å². The number of carbonyl (C=O) groups is 3. The third-order valence-corrected chi connectivity index (χ3v) is 4.24. The Morgan fingerprint density at radius 2 is 1.37 bits per heavy atom. The van der Waals surface area contributed by atoms with Crippen molar-refractivity contribution in [2.45, 2.75) is 19.3 Å². The van der Waals surface area contributed by atoms with E-state index in [1.54, 1.807) is 24.3 Å². The number of amides is 4. The van der Waals surface area contributed by atoms with Gasteiger partial charge in [0.2, 0.25) is 0 Å². The van der Waals surface area contributed by atoms with Crippen molar-refractivity contribution in [3.05, 3.63) is 70.2 Å². The van der Waals surface area contributed by atoms with Crippen molar-refractivity contribution in [2.75, 3.05) is 0 Å². The van der Waals surface area contributed by atoms with Gasteiger partial charge in [-0.25, -0.2) is 4.79 Å². The number of carbonyl (C=O) groups excluding carboxylic acids is 3. The fourth-order valence-electron chi connectivity index (χ4n) is 2.63. The lowest BCUT2D eigenvalue weighted by Gasteiger charge is -2.16. The predicted octanol–water partition coefficient (Wildman–Crippen LogP) is 3.85. The molecule has 5 nitrogen and oxygen atoms in total. The summed E-state index contributed by atoms with van der Waals surface area (Å²) >= 11 is 5.78. The van der Waals surface area contributed by atoms with Gasteiger partial charge in [0, 0.05) is 5.02 Å². The van der Waals surface area contributed by atoms with Gasteiger partial charge in [0.25, 0.3) is 0 Å². The molecule has 3 rings (SSSR count). The van der Waals surface area contributed by atoms with Crippen molar-refractivity contribution in [2.24, 2.45) is 0 Å².